The van der Waals surface area contributed by atoms with Crippen LogP contribution in [0, 0.1) is 11.8 Å². The highest BCUT2D eigenvalue weighted by molar-refractivity contribution is 4.85. The molecule has 0 spiro atoms. The number of piperidine rings is 1. The summed E-state index contributed by atoms with van der Waals surface area (Å²) in [6.45, 7) is 4.71. The number of hydrogen-bond acceptors (Lipinski definition) is 1. The molecule has 0 amide bonds. The van der Waals surface area contributed by atoms with Gasteiger partial charge in [0.2, 0.25) is 0 Å². The Morgan fingerprint density at radius 3 is 1.93 bits per heavy atom. The average molecular weight is 195 g/mol. The van der Waals surface area contributed by atoms with Crippen molar-refractivity contribution in [2.75, 3.05) is 0 Å². The Balaban J connectivity index is 1.88. The van der Waals surface area contributed by atoms with Crippen LogP contribution in [0.1, 0.15) is 58.8 Å². The van der Waals surface area contributed by atoms with Crippen LogP contribution in [0.4, 0.5) is 0 Å². The van der Waals surface area contributed by atoms with Crippen molar-refractivity contribution in [1.29, 1.82) is 0 Å². The van der Waals surface area contributed by atoms with Gasteiger partial charge in [-0.05, 0) is 38.5 Å². The molecule has 0 aromatic carbocycles. The minimum absolute atomic E-state index is 0.755. The normalized spacial score (nSPS) is 41.1. The van der Waals surface area contributed by atoms with Gasteiger partial charge in [0.1, 0.15) is 0 Å². The molecule has 2 aliphatic rings. The molecule has 1 heterocycles. The standard InChI is InChI=1S/C13H25N/c1-10-8-13(9-11(2)14-10)12-6-4-3-5-7-12/h10-14H,3-9H2,1-2H3. The van der Waals surface area contributed by atoms with Crippen molar-refractivity contribution in [2.24, 2.45) is 11.8 Å². The molecule has 1 saturated heterocycles. The molecule has 2 fully saturated rings. The summed E-state index contributed by atoms with van der Waals surface area (Å²) in [5.41, 5.74) is 0. The van der Waals surface area contributed by atoms with E-state index < -0.39 is 0 Å². The summed E-state index contributed by atoms with van der Waals surface area (Å²) in [5, 5.41) is 3.65. The first-order valence-electron chi connectivity index (χ1n) is 6.51. The molecular weight excluding hydrogens is 170 g/mol. The van der Waals surface area contributed by atoms with Gasteiger partial charge in [-0.3, -0.25) is 0 Å². The predicted octanol–water partition coefficient (Wildman–Crippen LogP) is 3.34. The number of nitrogens with one attached hydrogen (secondary N) is 1. The van der Waals surface area contributed by atoms with Gasteiger partial charge in [0.25, 0.3) is 0 Å². The highest BCUT2D eigenvalue weighted by Crippen LogP contribution is 2.36. The van der Waals surface area contributed by atoms with E-state index in [4.69, 9.17) is 0 Å². The van der Waals surface area contributed by atoms with E-state index in [1.54, 1.807) is 0 Å². The van der Waals surface area contributed by atoms with E-state index in [2.05, 4.69) is 19.2 Å². The van der Waals surface area contributed by atoms with Crippen molar-refractivity contribution < 1.29 is 0 Å². The Morgan fingerprint density at radius 2 is 1.36 bits per heavy atom. The fourth-order valence-corrected chi connectivity index (χ4v) is 3.62. The molecule has 2 rings (SSSR count). The third-order valence-electron chi connectivity index (χ3n) is 4.20. The lowest BCUT2D eigenvalue weighted by molar-refractivity contribution is 0.159. The van der Waals surface area contributed by atoms with E-state index in [0.29, 0.717) is 0 Å². The van der Waals surface area contributed by atoms with Crippen molar-refractivity contribution in [1.82, 2.24) is 5.32 Å². The molecule has 82 valence electrons. The molecule has 1 N–H and O–H groups in total. The number of rotatable bonds is 1. The molecule has 2 unspecified atom stereocenters. The minimum Gasteiger partial charge on any atom is -0.312 e. The summed E-state index contributed by atoms with van der Waals surface area (Å²) >= 11 is 0. The topological polar surface area (TPSA) is 12.0 Å². The van der Waals surface area contributed by atoms with Crippen LogP contribution in [0.5, 0.6) is 0 Å². The minimum atomic E-state index is 0.755. The molecule has 14 heavy (non-hydrogen) atoms. The molecule has 0 aromatic heterocycles. The highest BCUT2D eigenvalue weighted by Gasteiger charge is 2.29. The summed E-state index contributed by atoms with van der Waals surface area (Å²) in [7, 11) is 0. The van der Waals surface area contributed by atoms with Gasteiger partial charge in [0.15, 0.2) is 0 Å². The lowest BCUT2D eigenvalue weighted by Crippen LogP contribution is -2.44. The molecule has 0 aromatic rings. The largest absolute Gasteiger partial charge is 0.312 e. The van der Waals surface area contributed by atoms with Gasteiger partial charge in [0, 0.05) is 12.1 Å². The van der Waals surface area contributed by atoms with Crippen molar-refractivity contribution >= 4 is 0 Å². The second-order valence-corrected chi connectivity index (χ2v) is 5.60. The zero-order chi connectivity index (χ0) is 9.97. The average Bonchev–Trinajstić information content (AvgIpc) is 2.18. The SMILES string of the molecule is CC1CC(C2CCCCC2)CC(C)N1. The maximum atomic E-state index is 3.65. The van der Waals surface area contributed by atoms with Gasteiger partial charge in [0.05, 0.1) is 0 Å². The summed E-state index contributed by atoms with van der Waals surface area (Å²) in [5.74, 6) is 2.09. The van der Waals surface area contributed by atoms with Crippen molar-refractivity contribution in [3.05, 3.63) is 0 Å². The van der Waals surface area contributed by atoms with Gasteiger partial charge in [-0.2, -0.15) is 0 Å². The third-order valence-corrected chi connectivity index (χ3v) is 4.20. The monoisotopic (exact) mass is 195 g/mol. The summed E-state index contributed by atoms with van der Waals surface area (Å²) in [4.78, 5) is 0. The van der Waals surface area contributed by atoms with E-state index in [-0.39, 0.29) is 0 Å². The molecule has 1 nitrogen and oxygen atoms in total. The van der Waals surface area contributed by atoms with Crippen LogP contribution in [0.15, 0.2) is 0 Å². The Labute approximate surface area is 88.7 Å². The van der Waals surface area contributed by atoms with Crippen molar-refractivity contribution in [3.63, 3.8) is 0 Å². The van der Waals surface area contributed by atoms with Gasteiger partial charge < -0.3 is 5.32 Å². The predicted molar refractivity (Wildman–Crippen MR) is 61.4 cm³/mol. The Morgan fingerprint density at radius 1 is 0.786 bits per heavy atom. The maximum absolute atomic E-state index is 3.65. The first kappa shape index (κ1) is 10.5. The molecular formula is C13H25N. The Bertz CT molecular complexity index is 162. The van der Waals surface area contributed by atoms with Crippen LogP contribution in [0.25, 0.3) is 0 Å². The second-order valence-electron chi connectivity index (χ2n) is 5.60. The fourth-order valence-electron chi connectivity index (χ4n) is 3.62. The fraction of sp³-hybridized carbons (Fsp3) is 1.00. The van der Waals surface area contributed by atoms with Crippen LogP contribution >= 0.6 is 0 Å². The lowest BCUT2D eigenvalue weighted by atomic mass is 9.73. The van der Waals surface area contributed by atoms with E-state index >= 15 is 0 Å². The summed E-state index contributed by atoms with van der Waals surface area (Å²) in [6, 6.07) is 1.51. The quantitative estimate of drug-likeness (QED) is 0.676. The van der Waals surface area contributed by atoms with E-state index in [0.717, 1.165) is 23.9 Å². The highest BCUT2D eigenvalue weighted by atomic mass is 15.0. The van der Waals surface area contributed by atoms with Gasteiger partial charge in [-0.15, -0.1) is 0 Å². The van der Waals surface area contributed by atoms with Crippen LogP contribution in [0.2, 0.25) is 0 Å². The maximum Gasteiger partial charge on any atom is 0.00439 e. The summed E-state index contributed by atoms with van der Waals surface area (Å²) in [6.07, 6.45) is 10.4. The van der Waals surface area contributed by atoms with Gasteiger partial charge in [-0.25, -0.2) is 0 Å². The van der Waals surface area contributed by atoms with Crippen LogP contribution in [0.3, 0.4) is 0 Å². The molecule has 0 radical (unpaired) electrons. The molecule has 1 aliphatic heterocycles. The van der Waals surface area contributed by atoms with E-state index in [1.807, 2.05) is 0 Å². The van der Waals surface area contributed by atoms with Crippen LogP contribution < -0.4 is 5.32 Å². The van der Waals surface area contributed by atoms with Crippen molar-refractivity contribution in [2.45, 2.75) is 70.9 Å². The smallest absolute Gasteiger partial charge is 0.00439 e. The third kappa shape index (κ3) is 2.50. The lowest BCUT2D eigenvalue weighted by Gasteiger charge is -2.39. The van der Waals surface area contributed by atoms with Crippen LogP contribution in [-0.4, -0.2) is 12.1 Å². The first-order chi connectivity index (χ1) is 6.75. The molecule has 1 saturated carbocycles. The van der Waals surface area contributed by atoms with Gasteiger partial charge in [-0.1, -0.05) is 32.1 Å². The second kappa shape index (κ2) is 4.65. The van der Waals surface area contributed by atoms with E-state index in [9.17, 15) is 0 Å². The number of hydrogen-bond donors (Lipinski definition) is 1. The Hall–Kier alpha value is -0.0400. The summed E-state index contributed by atoms with van der Waals surface area (Å²) < 4.78 is 0. The molecule has 1 aliphatic carbocycles. The van der Waals surface area contributed by atoms with Crippen molar-refractivity contribution in [3.8, 4) is 0 Å². The molecule has 2 atom stereocenters. The van der Waals surface area contributed by atoms with E-state index in [1.165, 1.54) is 44.9 Å². The molecule has 1 heteroatoms. The molecule has 0 bridgehead atoms. The van der Waals surface area contributed by atoms with Gasteiger partial charge >= 0.3 is 0 Å². The zero-order valence-electron chi connectivity index (χ0n) is 9.76. The first-order valence-corrected chi connectivity index (χ1v) is 6.51. The Kier molecular flexibility index (Phi) is 3.48. The van der Waals surface area contributed by atoms with Crippen LogP contribution in [-0.2, 0) is 0 Å². The zero-order valence-corrected chi connectivity index (χ0v) is 9.76.